The van der Waals surface area contributed by atoms with Gasteiger partial charge in [-0.25, -0.2) is 0 Å². The van der Waals surface area contributed by atoms with Crippen LogP contribution in [-0.4, -0.2) is 20.1 Å². The summed E-state index contributed by atoms with van der Waals surface area (Å²) < 4.78 is 0. The van der Waals surface area contributed by atoms with Crippen LogP contribution in [0.1, 0.15) is 32.3 Å². The standard InChI is InChI=1S/C15H26N2/c1-4-14-7-9-15(10-8-14)17(3)12-13(2)6-5-11-16/h7-10,13H,4-6,11-12,16H2,1-3H3. The molecule has 0 aliphatic carbocycles. The highest BCUT2D eigenvalue weighted by atomic mass is 15.1. The average Bonchev–Trinajstić information content (AvgIpc) is 2.36. The molecule has 0 aliphatic heterocycles. The summed E-state index contributed by atoms with van der Waals surface area (Å²) in [5, 5.41) is 0. The minimum atomic E-state index is 0.703. The summed E-state index contributed by atoms with van der Waals surface area (Å²) in [5.74, 6) is 0.703. The van der Waals surface area contributed by atoms with E-state index in [1.54, 1.807) is 0 Å². The fraction of sp³-hybridized carbons (Fsp3) is 0.600. The molecule has 1 rings (SSSR count). The van der Waals surface area contributed by atoms with Crippen LogP contribution in [0.5, 0.6) is 0 Å². The Bertz CT molecular complexity index is 305. The van der Waals surface area contributed by atoms with Gasteiger partial charge in [-0.2, -0.15) is 0 Å². The Labute approximate surface area is 106 Å². The van der Waals surface area contributed by atoms with Gasteiger partial charge < -0.3 is 10.6 Å². The van der Waals surface area contributed by atoms with E-state index in [0.29, 0.717) is 5.92 Å². The Morgan fingerprint density at radius 1 is 1.24 bits per heavy atom. The fourth-order valence-electron chi connectivity index (χ4n) is 2.12. The molecule has 0 bridgehead atoms. The number of hydrogen-bond donors (Lipinski definition) is 1. The first kappa shape index (κ1) is 14.0. The summed E-state index contributed by atoms with van der Waals surface area (Å²) in [6.07, 6.45) is 3.45. The van der Waals surface area contributed by atoms with Crippen molar-refractivity contribution in [3.05, 3.63) is 29.8 Å². The first-order valence-corrected chi connectivity index (χ1v) is 6.67. The Hall–Kier alpha value is -1.02. The fourth-order valence-corrected chi connectivity index (χ4v) is 2.12. The second-order valence-corrected chi connectivity index (χ2v) is 4.94. The molecule has 2 nitrogen and oxygen atoms in total. The van der Waals surface area contributed by atoms with Gasteiger partial charge in [0.2, 0.25) is 0 Å². The van der Waals surface area contributed by atoms with Gasteiger partial charge in [-0.05, 0) is 49.4 Å². The lowest BCUT2D eigenvalue weighted by molar-refractivity contribution is 0.514. The van der Waals surface area contributed by atoms with Crippen molar-refractivity contribution < 1.29 is 0 Å². The molecule has 0 spiro atoms. The number of anilines is 1. The van der Waals surface area contributed by atoms with Crippen LogP contribution in [0.3, 0.4) is 0 Å². The zero-order valence-corrected chi connectivity index (χ0v) is 11.4. The van der Waals surface area contributed by atoms with Gasteiger partial charge in [0.15, 0.2) is 0 Å². The molecular formula is C15H26N2. The van der Waals surface area contributed by atoms with Crippen LogP contribution < -0.4 is 10.6 Å². The molecular weight excluding hydrogens is 208 g/mol. The number of nitrogens with two attached hydrogens (primary N) is 1. The van der Waals surface area contributed by atoms with Crippen molar-refractivity contribution in [1.29, 1.82) is 0 Å². The zero-order valence-electron chi connectivity index (χ0n) is 11.4. The van der Waals surface area contributed by atoms with Crippen LogP contribution >= 0.6 is 0 Å². The summed E-state index contributed by atoms with van der Waals surface area (Å²) >= 11 is 0. The third kappa shape index (κ3) is 4.78. The van der Waals surface area contributed by atoms with E-state index in [2.05, 4.69) is 50.1 Å². The van der Waals surface area contributed by atoms with Crippen LogP contribution in [0.25, 0.3) is 0 Å². The topological polar surface area (TPSA) is 29.3 Å². The summed E-state index contributed by atoms with van der Waals surface area (Å²) in [4.78, 5) is 2.33. The molecule has 0 fully saturated rings. The SMILES string of the molecule is CCc1ccc(N(C)CC(C)CCCN)cc1. The van der Waals surface area contributed by atoms with E-state index in [1.807, 2.05) is 0 Å². The van der Waals surface area contributed by atoms with Crippen molar-refractivity contribution in [3.63, 3.8) is 0 Å². The van der Waals surface area contributed by atoms with Crippen LogP contribution in [0.2, 0.25) is 0 Å². The summed E-state index contributed by atoms with van der Waals surface area (Å²) in [6, 6.07) is 8.87. The maximum atomic E-state index is 5.54. The van der Waals surface area contributed by atoms with E-state index in [4.69, 9.17) is 5.73 Å². The third-order valence-corrected chi connectivity index (χ3v) is 3.27. The van der Waals surface area contributed by atoms with E-state index < -0.39 is 0 Å². The van der Waals surface area contributed by atoms with Crippen molar-refractivity contribution >= 4 is 5.69 Å². The lowest BCUT2D eigenvalue weighted by Gasteiger charge is -2.23. The van der Waals surface area contributed by atoms with Gasteiger partial charge in [-0.1, -0.05) is 26.0 Å². The van der Waals surface area contributed by atoms with E-state index in [9.17, 15) is 0 Å². The first-order valence-electron chi connectivity index (χ1n) is 6.67. The highest BCUT2D eigenvalue weighted by molar-refractivity contribution is 5.46. The van der Waals surface area contributed by atoms with Crippen molar-refractivity contribution in [3.8, 4) is 0 Å². The van der Waals surface area contributed by atoms with Gasteiger partial charge in [-0.3, -0.25) is 0 Å². The maximum Gasteiger partial charge on any atom is 0.0363 e. The molecule has 2 N–H and O–H groups in total. The van der Waals surface area contributed by atoms with Crippen molar-refractivity contribution in [2.75, 3.05) is 25.0 Å². The molecule has 96 valence electrons. The van der Waals surface area contributed by atoms with Gasteiger partial charge in [0.1, 0.15) is 0 Å². The van der Waals surface area contributed by atoms with Crippen molar-refractivity contribution in [1.82, 2.24) is 0 Å². The molecule has 0 saturated carbocycles. The summed E-state index contributed by atoms with van der Waals surface area (Å²) in [6.45, 7) is 6.39. The first-order chi connectivity index (χ1) is 8.17. The molecule has 0 aromatic heterocycles. The molecule has 2 heteroatoms. The normalized spacial score (nSPS) is 12.5. The van der Waals surface area contributed by atoms with Gasteiger partial charge in [-0.15, -0.1) is 0 Å². The monoisotopic (exact) mass is 234 g/mol. The van der Waals surface area contributed by atoms with Gasteiger partial charge >= 0.3 is 0 Å². The largest absolute Gasteiger partial charge is 0.374 e. The Morgan fingerprint density at radius 2 is 1.88 bits per heavy atom. The Balaban J connectivity index is 2.47. The second kappa shape index (κ2) is 7.33. The molecule has 0 aliphatic rings. The Kier molecular flexibility index (Phi) is 6.06. The molecule has 0 heterocycles. The van der Waals surface area contributed by atoms with E-state index in [0.717, 1.165) is 25.9 Å². The predicted octanol–water partition coefficient (Wildman–Crippen LogP) is 3.06. The number of nitrogens with zero attached hydrogens (tertiary/aromatic N) is 1. The summed E-state index contributed by atoms with van der Waals surface area (Å²) in [5.41, 5.74) is 8.25. The number of benzene rings is 1. The second-order valence-electron chi connectivity index (χ2n) is 4.94. The molecule has 1 atom stereocenters. The number of rotatable bonds is 7. The van der Waals surface area contributed by atoms with Crippen LogP contribution in [-0.2, 0) is 6.42 Å². The maximum absolute atomic E-state index is 5.54. The Morgan fingerprint density at radius 3 is 2.41 bits per heavy atom. The zero-order chi connectivity index (χ0) is 12.7. The molecule has 0 amide bonds. The van der Waals surface area contributed by atoms with Crippen molar-refractivity contribution in [2.45, 2.75) is 33.1 Å². The third-order valence-electron chi connectivity index (χ3n) is 3.27. The van der Waals surface area contributed by atoms with Crippen LogP contribution in [0.4, 0.5) is 5.69 Å². The molecule has 1 aromatic carbocycles. The van der Waals surface area contributed by atoms with E-state index in [1.165, 1.54) is 17.7 Å². The number of hydrogen-bond acceptors (Lipinski definition) is 2. The average molecular weight is 234 g/mol. The lowest BCUT2D eigenvalue weighted by Crippen LogP contribution is -2.24. The molecule has 0 radical (unpaired) electrons. The van der Waals surface area contributed by atoms with Crippen LogP contribution in [0, 0.1) is 5.92 Å². The lowest BCUT2D eigenvalue weighted by atomic mass is 10.0. The van der Waals surface area contributed by atoms with Gasteiger partial charge in [0.05, 0.1) is 0 Å². The molecule has 17 heavy (non-hydrogen) atoms. The summed E-state index contributed by atoms with van der Waals surface area (Å²) in [7, 11) is 2.17. The predicted molar refractivity (Wildman–Crippen MR) is 76.5 cm³/mol. The van der Waals surface area contributed by atoms with Crippen molar-refractivity contribution in [2.24, 2.45) is 11.7 Å². The minimum absolute atomic E-state index is 0.703. The highest BCUT2D eigenvalue weighted by Gasteiger charge is 2.06. The number of aryl methyl sites for hydroxylation is 1. The minimum Gasteiger partial charge on any atom is -0.374 e. The van der Waals surface area contributed by atoms with Gasteiger partial charge in [0, 0.05) is 19.3 Å². The quantitative estimate of drug-likeness (QED) is 0.785. The highest BCUT2D eigenvalue weighted by Crippen LogP contribution is 2.16. The van der Waals surface area contributed by atoms with Crippen LogP contribution in [0.15, 0.2) is 24.3 Å². The molecule has 0 saturated heterocycles. The smallest absolute Gasteiger partial charge is 0.0363 e. The molecule has 1 aromatic rings. The van der Waals surface area contributed by atoms with Gasteiger partial charge in [0.25, 0.3) is 0 Å². The molecule has 1 unspecified atom stereocenters. The van der Waals surface area contributed by atoms with E-state index in [-0.39, 0.29) is 0 Å². The van der Waals surface area contributed by atoms with E-state index >= 15 is 0 Å².